The summed E-state index contributed by atoms with van der Waals surface area (Å²) in [5, 5.41) is 0. The molecule has 1 spiro atoms. The summed E-state index contributed by atoms with van der Waals surface area (Å²) >= 11 is 3.44. The first kappa shape index (κ1) is 18.8. The summed E-state index contributed by atoms with van der Waals surface area (Å²) in [6.07, 6.45) is 1.80. The molecule has 0 aliphatic carbocycles. The molecule has 0 saturated heterocycles. The van der Waals surface area contributed by atoms with E-state index in [0.29, 0.717) is 13.0 Å². The fourth-order valence-corrected chi connectivity index (χ4v) is 4.50. The average Bonchev–Trinajstić information content (AvgIpc) is 2.97. The number of halogens is 1. The number of hydrogen-bond donors (Lipinski definition) is 0. The monoisotopic (exact) mass is 459 g/mol. The molecule has 1 atom stereocenters. The molecule has 0 unspecified atom stereocenters. The molecule has 3 aromatic rings. The quantitative estimate of drug-likeness (QED) is 0.504. The van der Waals surface area contributed by atoms with Crippen LogP contribution in [0.3, 0.4) is 0 Å². The third-order valence-corrected chi connectivity index (χ3v) is 6.15. The van der Waals surface area contributed by atoms with E-state index in [1.54, 1.807) is 4.90 Å². The Labute approximate surface area is 182 Å². The predicted molar refractivity (Wildman–Crippen MR) is 119 cm³/mol. The zero-order valence-electron chi connectivity index (χ0n) is 16.0. The number of esters is 1. The van der Waals surface area contributed by atoms with Crippen molar-refractivity contribution in [1.82, 2.24) is 0 Å². The number of carbonyl (C=O) groups is 2. The van der Waals surface area contributed by atoms with Gasteiger partial charge in [-0.15, -0.1) is 0 Å². The third kappa shape index (κ3) is 3.06. The highest BCUT2D eigenvalue weighted by atomic mass is 79.9. The van der Waals surface area contributed by atoms with Crippen LogP contribution in [0.25, 0.3) is 5.57 Å². The first-order valence-corrected chi connectivity index (χ1v) is 10.5. The normalized spacial score (nSPS) is 20.2. The topological polar surface area (TPSA) is 46.6 Å². The first-order valence-electron chi connectivity index (χ1n) is 9.72. The van der Waals surface area contributed by atoms with E-state index in [2.05, 4.69) is 15.9 Å². The van der Waals surface area contributed by atoms with Crippen LogP contribution < -0.4 is 4.90 Å². The minimum Gasteiger partial charge on any atom is -0.440 e. The second kappa shape index (κ2) is 7.26. The molecular formula is C25H18BrNO3. The van der Waals surface area contributed by atoms with Gasteiger partial charge in [-0.1, -0.05) is 76.6 Å². The van der Waals surface area contributed by atoms with Crippen LogP contribution in [-0.4, -0.2) is 11.9 Å². The van der Waals surface area contributed by atoms with Gasteiger partial charge in [-0.05, 0) is 34.9 Å². The van der Waals surface area contributed by atoms with Gasteiger partial charge in [-0.25, -0.2) is 4.79 Å². The van der Waals surface area contributed by atoms with Crippen molar-refractivity contribution in [3.05, 3.63) is 106 Å². The lowest BCUT2D eigenvalue weighted by Crippen LogP contribution is -2.45. The van der Waals surface area contributed by atoms with Gasteiger partial charge in [0.05, 0.1) is 12.2 Å². The number of para-hydroxylation sites is 1. The van der Waals surface area contributed by atoms with E-state index >= 15 is 0 Å². The molecule has 0 fully saturated rings. The maximum Gasteiger partial charge on any atom is 0.332 e. The number of nitrogens with zero attached hydrogens (tertiary/aromatic N) is 1. The Balaban J connectivity index is 1.58. The van der Waals surface area contributed by atoms with Crippen LogP contribution in [0.15, 0.2) is 89.4 Å². The smallest absolute Gasteiger partial charge is 0.332 e. The number of amides is 1. The standard InChI is InChI=1S/C25H18BrNO3/c26-20-12-10-18(11-13-20)19-14-23(28)30-25(15-19)21-8-4-5-9-22(21)27(24(25)29)16-17-6-2-1-3-7-17/h1-14H,15-16H2/t25-/m1/s1. The van der Waals surface area contributed by atoms with Crippen molar-refractivity contribution in [3.63, 3.8) is 0 Å². The predicted octanol–water partition coefficient (Wildman–Crippen LogP) is 5.22. The van der Waals surface area contributed by atoms with Crippen molar-refractivity contribution < 1.29 is 14.3 Å². The number of ether oxygens (including phenoxy) is 1. The lowest BCUT2D eigenvalue weighted by molar-refractivity contribution is -0.164. The maximum atomic E-state index is 13.7. The highest BCUT2D eigenvalue weighted by molar-refractivity contribution is 9.10. The van der Waals surface area contributed by atoms with Crippen LogP contribution in [0.1, 0.15) is 23.1 Å². The van der Waals surface area contributed by atoms with Gasteiger partial charge in [0.1, 0.15) is 0 Å². The van der Waals surface area contributed by atoms with Gasteiger partial charge in [0, 0.05) is 22.5 Å². The second-order valence-corrected chi connectivity index (χ2v) is 8.41. The van der Waals surface area contributed by atoms with Crippen molar-refractivity contribution in [1.29, 1.82) is 0 Å². The van der Waals surface area contributed by atoms with Crippen LogP contribution in [0, 0.1) is 0 Å². The molecule has 30 heavy (non-hydrogen) atoms. The zero-order valence-corrected chi connectivity index (χ0v) is 17.6. The molecule has 148 valence electrons. The molecule has 5 rings (SSSR count). The Hall–Kier alpha value is -3.18. The summed E-state index contributed by atoms with van der Waals surface area (Å²) in [6, 6.07) is 25.1. The molecule has 0 aromatic heterocycles. The Kier molecular flexibility index (Phi) is 4.55. The molecule has 5 heteroatoms. The molecule has 2 heterocycles. The van der Waals surface area contributed by atoms with E-state index in [1.807, 2.05) is 78.9 Å². The van der Waals surface area contributed by atoms with Crippen LogP contribution in [0.5, 0.6) is 0 Å². The van der Waals surface area contributed by atoms with Gasteiger partial charge in [-0.3, -0.25) is 4.79 Å². The van der Waals surface area contributed by atoms with Crippen LogP contribution in [0.2, 0.25) is 0 Å². The molecule has 0 bridgehead atoms. The molecule has 4 nitrogen and oxygen atoms in total. The Bertz CT molecular complexity index is 1170. The lowest BCUT2D eigenvalue weighted by Gasteiger charge is -2.32. The summed E-state index contributed by atoms with van der Waals surface area (Å²) in [4.78, 5) is 28.1. The zero-order chi connectivity index (χ0) is 20.7. The van der Waals surface area contributed by atoms with Crippen LogP contribution >= 0.6 is 15.9 Å². The highest BCUT2D eigenvalue weighted by Crippen LogP contribution is 2.50. The van der Waals surface area contributed by atoms with Crippen molar-refractivity contribution in [2.24, 2.45) is 0 Å². The number of rotatable bonds is 3. The molecule has 1 amide bonds. The van der Waals surface area contributed by atoms with E-state index in [0.717, 1.165) is 32.4 Å². The van der Waals surface area contributed by atoms with E-state index < -0.39 is 11.6 Å². The number of fused-ring (bicyclic) bond motifs is 2. The number of hydrogen-bond acceptors (Lipinski definition) is 3. The molecule has 2 aliphatic heterocycles. The Morgan fingerprint density at radius 1 is 0.900 bits per heavy atom. The minimum absolute atomic E-state index is 0.205. The SMILES string of the molecule is O=C1C=C(c2ccc(Br)cc2)C[C@]2(O1)C(=O)N(Cc1ccccc1)c1ccccc12. The van der Waals surface area contributed by atoms with Crippen molar-refractivity contribution in [2.75, 3.05) is 4.90 Å². The lowest BCUT2D eigenvalue weighted by atomic mass is 9.84. The third-order valence-electron chi connectivity index (χ3n) is 5.63. The van der Waals surface area contributed by atoms with Crippen molar-refractivity contribution in [2.45, 2.75) is 18.6 Å². The molecule has 3 aromatic carbocycles. The van der Waals surface area contributed by atoms with Crippen molar-refractivity contribution >= 4 is 39.1 Å². The molecule has 0 saturated carbocycles. The van der Waals surface area contributed by atoms with E-state index in [1.165, 1.54) is 6.08 Å². The second-order valence-electron chi connectivity index (χ2n) is 7.50. The van der Waals surface area contributed by atoms with Gasteiger partial charge in [0.25, 0.3) is 5.91 Å². The number of carbonyl (C=O) groups excluding carboxylic acids is 2. The minimum atomic E-state index is -1.33. The summed E-state index contributed by atoms with van der Waals surface area (Å²) in [5.41, 5.74) is 2.91. The Morgan fingerprint density at radius 2 is 1.60 bits per heavy atom. The highest BCUT2D eigenvalue weighted by Gasteiger charge is 2.55. The fraction of sp³-hybridized carbons (Fsp3) is 0.120. The van der Waals surface area contributed by atoms with E-state index in [4.69, 9.17) is 4.74 Å². The summed E-state index contributed by atoms with van der Waals surface area (Å²) in [5.74, 6) is -0.701. The molecule has 0 N–H and O–H groups in total. The average molecular weight is 460 g/mol. The molecule has 0 radical (unpaired) electrons. The summed E-state index contributed by atoms with van der Waals surface area (Å²) < 4.78 is 6.76. The van der Waals surface area contributed by atoms with Crippen LogP contribution in [-0.2, 0) is 26.5 Å². The van der Waals surface area contributed by atoms with E-state index in [-0.39, 0.29) is 5.91 Å². The van der Waals surface area contributed by atoms with Gasteiger partial charge in [-0.2, -0.15) is 0 Å². The Morgan fingerprint density at radius 3 is 2.37 bits per heavy atom. The van der Waals surface area contributed by atoms with E-state index in [9.17, 15) is 9.59 Å². The first-order chi connectivity index (χ1) is 14.6. The van der Waals surface area contributed by atoms with Crippen molar-refractivity contribution in [3.8, 4) is 0 Å². The molecule has 2 aliphatic rings. The van der Waals surface area contributed by atoms with Gasteiger partial charge in [0.15, 0.2) is 0 Å². The van der Waals surface area contributed by atoms with Crippen LogP contribution in [0.4, 0.5) is 5.69 Å². The maximum absolute atomic E-state index is 13.7. The van der Waals surface area contributed by atoms with Gasteiger partial charge in [0.2, 0.25) is 5.60 Å². The van der Waals surface area contributed by atoms with Gasteiger partial charge >= 0.3 is 5.97 Å². The largest absolute Gasteiger partial charge is 0.440 e. The van der Waals surface area contributed by atoms with Gasteiger partial charge < -0.3 is 9.64 Å². The molecular weight excluding hydrogens is 442 g/mol. The summed E-state index contributed by atoms with van der Waals surface area (Å²) in [6.45, 7) is 0.424. The fourth-order valence-electron chi connectivity index (χ4n) is 4.23. The number of benzene rings is 3. The number of anilines is 1. The summed E-state index contributed by atoms with van der Waals surface area (Å²) in [7, 11) is 0.